The number of imidazole rings is 1. The van der Waals surface area contributed by atoms with Crippen molar-refractivity contribution in [1.82, 2.24) is 9.55 Å². The lowest BCUT2D eigenvalue weighted by Gasteiger charge is -2.07. The number of aromatic nitrogens is 2. The molecule has 0 saturated heterocycles. The molecule has 0 aliphatic heterocycles. The third-order valence-corrected chi connectivity index (χ3v) is 4.42. The van der Waals surface area contributed by atoms with Crippen molar-refractivity contribution in [3.8, 4) is 5.69 Å². The van der Waals surface area contributed by atoms with Gasteiger partial charge in [-0.2, -0.15) is 0 Å². The van der Waals surface area contributed by atoms with Crippen LogP contribution in [0.4, 0.5) is 8.78 Å². The molecule has 1 heterocycles. The summed E-state index contributed by atoms with van der Waals surface area (Å²) in [6, 6.07) is 7.56. The Labute approximate surface area is 131 Å². The minimum atomic E-state index is -0.950. The van der Waals surface area contributed by atoms with Gasteiger partial charge in [-0.15, -0.1) is 0 Å². The molecule has 7 heteroatoms. The second-order valence-electron chi connectivity index (χ2n) is 4.12. The third-order valence-electron chi connectivity index (χ3n) is 2.90. The third kappa shape index (κ3) is 2.08. The molecular weight excluding hydrogens is 370 g/mol. The summed E-state index contributed by atoms with van der Waals surface area (Å²) < 4.78 is 29.9. The number of rotatable bonds is 1. The average Bonchev–Trinajstić information content (AvgIpc) is 2.74. The summed E-state index contributed by atoms with van der Waals surface area (Å²) in [5, 5.41) is 0.454. The van der Waals surface area contributed by atoms with E-state index in [9.17, 15) is 8.78 Å². The average molecular weight is 376 g/mol. The van der Waals surface area contributed by atoms with Crippen LogP contribution in [-0.4, -0.2) is 9.55 Å². The highest BCUT2D eigenvalue weighted by Crippen LogP contribution is 2.28. The Morgan fingerprint density at radius 3 is 2.65 bits per heavy atom. The Balaban J connectivity index is 2.41. The topological polar surface area (TPSA) is 20.7 Å². The molecule has 3 aromatic rings. The number of hydrogen-bond donors (Lipinski definition) is 1. The van der Waals surface area contributed by atoms with E-state index in [0.29, 0.717) is 20.7 Å². The standard InChI is InChI=1S/C13H6BrClF2N2S/c14-7-2-1-6(5-8(7)15)19-12-10(18-13(19)20)4-3-9(16)11(12)17/h1-5H,(H,18,20). The van der Waals surface area contributed by atoms with Gasteiger partial charge >= 0.3 is 0 Å². The first-order valence-corrected chi connectivity index (χ1v) is 7.11. The van der Waals surface area contributed by atoms with Gasteiger partial charge in [-0.1, -0.05) is 11.6 Å². The van der Waals surface area contributed by atoms with Gasteiger partial charge in [0.1, 0.15) is 5.52 Å². The lowest BCUT2D eigenvalue weighted by atomic mass is 10.2. The molecule has 2 aromatic carbocycles. The van der Waals surface area contributed by atoms with Gasteiger partial charge in [0.15, 0.2) is 16.4 Å². The Morgan fingerprint density at radius 2 is 1.95 bits per heavy atom. The fourth-order valence-corrected chi connectivity index (χ4v) is 2.73. The summed E-state index contributed by atoms with van der Waals surface area (Å²) >= 11 is 14.5. The highest BCUT2D eigenvalue weighted by Gasteiger charge is 2.15. The van der Waals surface area contributed by atoms with Crippen LogP contribution in [0.5, 0.6) is 0 Å². The maximum absolute atomic E-state index is 14.0. The van der Waals surface area contributed by atoms with Gasteiger partial charge < -0.3 is 4.98 Å². The number of nitrogens with zero attached hydrogens (tertiary/aromatic N) is 1. The van der Waals surface area contributed by atoms with Crippen molar-refractivity contribution in [1.29, 1.82) is 0 Å². The van der Waals surface area contributed by atoms with E-state index in [4.69, 9.17) is 23.8 Å². The first-order chi connectivity index (χ1) is 9.49. The zero-order valence-corrected chi connectivity index (χ0v) is 12.9. The van der Waals surface area contributed by atoms with Crippen molar-refractivity contribution in [2.45, 2.75) is 0 Å². The second kappa shape index (κ2) is 4.95. The van der Waals surface area contributed by atoms with E-state index in [2.05, 4.69) is 20.9 Å². The molecule has 1 N–H and O–H groups in total. The van der Waals surface area contributed by atoms with Gasteiger partial charge in [-0.3, -0.25) is 4.57 Å². The summed E-state index contributed by atoms with van der Waals surface area (Å²) in [4.78, 5) is 2.84. The normalized spacial score (nSPS) is 11.2. The highest BCUT2D eigenvalue weighted by atomic mass is 79.9. The fourth-order valence-electron chi connectivity index (χ4n) is 2.00. The van der Waals surface area contributed by atoms with E-state index in [1.165, 1.54) is 10.6 Å². The lowest BCUT2D eigenvalue weighted by Crippen LogP contribution is -1.97. The SMILES string of the molecule is Fc1ccc2[nH]c(=S)n(-c3ccc(Br)c(Cl)c3)c2c1F. The Hall–Kier alpha value is -1.24. The van der Waals surface area contributed by atoms with Crippen LogP contribution in [0.3, 0.4) is 0 Å². The molecule has 0 aliphatic carbocycles. The van der Waals surface area contributed by atoms with Crippen LogP contribution in [0.15, 0.2) is 34.8 Å². The molecule has 3 rings (SSSR count). The number of benzene rings is 2. The number of nitrogens with one attached hydrogen (secondary N) is 1. The number of hydrogen-bond acceptors (Lipinski definition) is 1. The number of H-pyrrole nitrogens is 1. The Bertz CT molecular complexity index is 888. The molecule has 20 heavy (non-hydrogen) atoms. The summed E-state index contributed by atoms with van der Waals surface area (Å²) in [5.74, 6) is -1.88. The molecule has 2 nitrogen and oxygen atoms in total. The van der Waals surface area contributed by atoms with Gasteiger partial charge in [0.2, 0.25) is 0 Å². The summed E-state index contributed by atoms with van der Waals surface area (Å²) in [6.45, 7) is 0. The van der Waals surface area contributed by atoms with Crippen LogP contribution in [0.2, 0.25) is 5.02 Å². The zero-order chi connectivity index (χ0) is 14.4. The van der Waals surface area contributed by atoms with E-state index < -0.39 is 11.6 Å². The fraction of sp³-hybridized carbons (Fsp3) is 0. The quantitative estimate of drug-likeness (QED) is 0.566. The van der Waals surface area contributed by atoms with Gasteiger partial charge in [-0.25, -0.2) is 8.78 Å². The van der Waals surface area contributed by atoms with E-state index in [1.807, 2.05) is 0 Å². The van der Waals surface area contributed by atoms with Crippen LogP contribution in [-0.2, 0) is 0 Å². The molecule has 0 radical (unpaired) electrons. The Morgan fingerprint density at radius 1 is 1.20 bits per heavy atom. The van der Waals surface area contributed by atoms with Crippen molar-refractivity contribution >= 4 is 50.8 Å². The molecule has 102 valence electrons. The van der Waals surface area contributed by atoms with E-state index >= 15 is 0 Å². The highest BCUT2D eigenvalue weighted by molar-refractivity contribution is 9.10. The largest absolute Gasteiger partial charge is 0.330 e. The van der Waals surface area contributed by atoms with E-state index in [0.717, 1.165) is 6.07 Å². The smallest absolute Gasteiger partial charge is 0.184 e. The molecule has 0 amide bonds. The van der Waals surface area contributed by atoms with Gasteiger partial charge in [0.05, 0.1) is 16.2 Å². The Kier molecular flexibility index (Phi) is 3.40. The predicted molar refractivity (Wildman–Crippen MR) is 81.1 cm³/mol. The van der Waals surface area contributed by atoms with Crippen LogP contribution in [0.25, 0.3) is 16.7 Å². The minimum absolute atomic E-state index is 0.0633. The minimum Gasteiger partial charge on any atom is -0.330 e. The number of fused-ring (bicyclic) bond motifs is 1. The summed E-state index contributed by atoms with van der Waals surface area (Å²) in [7, 11) is 0. The van der Waals surface area contributed by atoms with Gasteiger partial charge in [0, 0.05) is 4.47 Å². The van der Waals surface area contributed by atoms with E-state index in [1.54, 1.807) is 18.2 Å². The monoisotopic (exact) mass is 374 g/mol. The molecule has 1 aromatic heterocycles. The molecule has 0 fully saturated rings. The maximum Gasteiger partial charge on any atom is 0.184 e. The molecule has 0 atom stereocenters. The lowest BCUT2D eigenvalue weighted by molar-refractivity contribution is 0.514. The first kappa shape index (κ1) is 13.7. The van der Waals surface area contributed by atoms with Crippen molar-refractivity contribution < 1.29 is 8.78 Å². The van der Waals surface area contributed by atoms with Crippen molar-refractivity contribution in [3.63, 3.8) is 0 Å². The molecule has 0 bridgehead atoms. The van der Waals surface area contributed by atoms with Crippen molar-refractivity contribution in [2.24, 2.45) is 0 Å². The van der Waals surface area contributed by atoms with Crippen LogP contribution < -0.4 is 0 Å². The predicted octanol–water partition coefficient (Wildman–Crippen LogP) is 5.38. The van der Waals surface area contributed by atoms with E-state index in [-0.39, 0.29) is 10.3 Å². The van der Waals surface area contributed by atoms with Crippen LogP contribution in [0.1, 0.15) is 0 Å². The molecule has 0 saturated carbocycles. The molecule has 0 aliphatic rings. The van der Waals surface area contributed by atoms with Crippen molar-refractivity contribution in [2.75, 3.05) is 0 Å². The zero-order valence-electron chi connectivity index (χ0n) is 9.75. The molecular formula is C13H6BrClF2N2S. The summed E-state index contributed by atoms with van der Waals surface area (Å²) in [6.07, 6.45) is 0. The van der Waals surface area contributed by atoms with Crippen molar-refractivity contribution in [3.05, 3.63) is 56.2 Å². The van der Waals surface area contributed by atoms with Gasteiger partial charge in [0.25, 0.3) is 0 Å². The second-order valence-corrected chi connectivity index (χ2v) is 5.77. The van der Waals surface area contributed by atoms with Gasteiger partial charge in [-0.05, 0) is 58.5 Å². The maximum atomic E-state index is 14.0. The molecule has 0 unspecified atom stereocenters. The molecule has 0 spiro atoms. The first-order valence-electron chi connectivity index (χ1n) is 5.53. The number of halogens is 4. The number of aromatic amines is 1. The summed E-state index contributed by atoms with van der Waals surface area (Å²) in [5.41, 5.74) is 1.04. The van der Waals surface area contributed by atoms with Crippen LogP contribution in [0, 0.1) is 16.4 Å². The van der Waals surface area contributed by atoms with Crippen LogP contribution >= 0.6 is 39.7 Å².